The third-order valence-corrected chi connectivity index (χ3v) is 3.75. The minimum absolute atomic E-state index is 0.629. The van der Waals surface area contributed by atoms with E-state index in [1.807, 2.05) is 0 Å². The lowest BCUT2D eigenvalue weighted by Crippen LogP contribution is -2.29. The van der Waals surface area contributed by atoms with Gasteiger partial charge in [0.1, 0.15) is 0 Å². The predicted octanol–water partition coefficient (Wildman–Crippen LogP) is 2.59. The second-order valence-corrected chi connectivity index (χ2v) is 5.06. The van der Waals surface area contributed by atoms with Gasteiger partial charge in [-0.15, -0.1) is 11.3 Å². The molecule has 0 saturated heterocycles. The Labute approximate surface area is 98.8 Å². The van der Waals surface area contributed by atoms with Gasteiger partial charge in [-0.3, -0.25) is 4.40 Å². The van der Waals surface area contributed by atoms with E-state index in [0.29, 0.717) is 6.04 Å². The van der Waals surface area contributed by atoms with Crippen molar-refractivity contribution in [1.82, 2.24) is 14.7 Å². The number of hydrogen-bond donors (Lipinski definition) is 1. The average molecular weight is 233 g/mol. The summed E-state index contributed by atoms with van der Waals surface area (Å²) < 4.78 is 2.09. The molecule has 4 heteroatoms. The van der Waals surface area contributed by atoms with Crippen LogP contribution in [0.25, 0.3) is 4.96 Å². The third kappa shape index (κ3) is 2.03. The van der Waals surface area contributed by atoms with E-state index in [0.717, 1.165) is 23.6 Å². The average Bonchev–Trinajstić information content (AvgIpc) is 2.88. The van der Waals surface area contributed by atoms with Gasteiger partial charge in [0.25, 0.3) is 0 Å². The molecule has 0 aliphatic heterocycles. The second-order valence-electron chi connectivity index (χ2n) is 4.19. The molecule has 16 heavy (non-hydrogen) atoms. The van der Waals surface area contributed by atoms with Crippen LogP contribution in [0.4, 0.5) is 0 Å². The van der Waals surface area contributed by atoms with E-state index in [-0.39, 0.29) is 0 Å². The Balaban J connectivity index is 1.62. The van der Waals surface area contributed by atoms with Crippen molar-refractivity contribution in [2.24, 2.45) is 0 Å². The van der Waals surface area contributed by atoms with Crippen LogP contribution in [0.3, 0.4) is 0 Å². The number of aromatic nitrogens is 2. The van der Waals surface area contributed by atoms with E-state index in [2.05, 4.69) is 44.6 Å². The van der Waals surface area contributed by atoms with Gasteiger partial charge in [0.05, 0.1) is 5.69 Å². The van der Waals surface area contributed by atoms with Crippen molar-refractivity contribution in [2.45, 2.75) is 31.8 Å². The summed E-state index contributed by atoms with van der Waals surface area (Å²) in [7, 11) is 0. The van der Waals surface area contributed by atoms with Gasteiger partial charge in [-0.05, 0) is 19.3 Å². The summed E-state index contributed by atoms with van der Waals surface area (Å²) in [6.07, 6.45) is 12.3. The number of nitrogens with zero attached hydrogens (tertiary/aromatic N) is 2. The van der Waals surface area contributed by atoms with Crippen molar-refractivity contribution in [3.8, 4) is 0 Å². The molecular formula is C12H15N3S. The SMILES string of the molecule is C1=CCC(NCc2cn3ccsc3n2)CC1. The Morgan fingerprint density at radius 1 is 1.50 bits per heavy atom. The van der Waals surface area contributed by atoms with Crippen LogP contribution in [-0.4, -0.2) is 15.4 Å². The Kier molecular flexibility index (Phi) is 2.76. The molecule has 1 aliphatic rings. The van der Waals surface area contributed by atoms with Crippen molar-refractivity contribution in [1.29, 1.82) is 0 Å². The fraction of sp³-hybridized carbons (Fsp3) is 0.417. The first kappa shape index (κ1) is 10.1. The number of rotatable bonds is 3. The standard InChI is InChI=1S/C12H15N3S/c1-2-4-10(5-3-1)13-8-11-9-15-6-7-16-12(15)14-11/h1-2,6-7,9-10,13H,3-5,8H2. The molecule has 2 heterocycles. The highest BCUT2D eigenvalue weighted by Crippen LogP contribution is 2.13. The summed E-state index contributed by atoms with van der Waals surface area (Å²) in [4.78, 5) is 5.64. The summed E-state index contributed by atoms with van der Waals surface area (Å²) in [5, 5.41) is 5.63. The van der Waals surface area contributed by atoms with E-state index in [1.165, 1.54) is 12.8 Å². The predicted molar refractivity (Wildman–Crippen MR) is 66.7 cm³/mol. The maximum Gasteiger partial charge on any atom is 0.193 e. The molecule has 2 aromatic heterocycles. The zero-order valence-corrected chi connectivity index (χ0v) is 9.91. The summed E-state index contributed by atoms with van der Waals surface area (Å²) >= 11 is 1.68. The minimum atomic E-state index is 0.629. The summed E-state index contributed by atoms with van der Waals surface area (Å²) in [6, 6.07) is 0.629. The molecule has 0 saturated carbocycles. The van der Waals surface area contributed by atoms with Gasteiger partial charge >= 0.3 is 0 Å². The van der Waals surface area contributed by atoms with Crippen molar-refractivity contribution in [3.63, 3.8) is 0 Å². The van der Waals surface area contributed by atoms with E-state index >= 15 is 0 Å². The van der Waals surface area contributed by atoms with Crippen LogP contribution in [0.2, 0.25) is 0 Å². The second kappa shape index (κ2) is 4.39. The molecule has 1 N–H and O–H groups in total. The molecule has 2 aromatic rings. The molecule has 0 fully saturated rings. The normalized spacial score (nSPS) is 20.6. The molecule has 3 nitrogen and oxygen atoms in total. The summed E-state index contributed by atoms with van der Waals surface area (Å²) in [5.41, 5.74) is 1.14. The van der Waals surface area contributed by atoms with Crippen molar-refractivity contribution in [3.05, 3.63) is 35.6 Å². The van der Waals surface area contributed by atoms with Crippen molar-refractivity contribution < 1.29 is 0 Å². The smallest absolute Gasteiger partial charge is 0.193 e. The molecule has 1 unspecified atom stereocenters. The van der Waals surface area contributed by atoms with Gasteiger partial charge < -0.3 is 5.32 Å². The number of allylic oxidation sites excluding steroid dienone is 1. The number of thiazole rings is 1. The molecule has 0 spiro atoms. The van der Waals surface area contributed by atoms with E-state index in [1.54, 1.807) is 11.3 Å². The molecule has 0 radical (unpaired) electrons. The highest BCUT2D eigenvalue weighted by molar-refractivity contribution is 7.15. The molecule has 1 aliphatic carbocycles. The Hall–Kier alpha value is -1.13. The first-order valence-corrected chi connectivity index (χ1v) is 6.59. The fourth-order valence-corrected chi connectivity index (χ4v) is 2.81. The molecule has 0 aromatic carbocycles. The first-order chi connectivity index (χ1) is 7.92. The van der Waals surface area contributed by atoms with Crippen LogP contribution in [0.15, 0.2) is 29.9 Å². The van der Waals surface area contributed by atoms with Gasteiger partial charge in [0.15, 0.2) is 4.96 Å². The van der Waals surface area contributed by atoms with E-state index in [4.69, 9.17) is 0 Å². The quantitative estimate of drug-likeness (QED) is 0.826. The fourth-order valence-electron chi connectivity index (χ4n) is 2.09. The Morgan fingerprint density at radius 2 is 2.50 bits per heavy atom. The van der Waals surface area contributed by atoms with E-state index < -0.39 is 0 Å². The van der Waals surface area contributed by atoms with Crippen LogP contribution in [-0.2, 0) is 6.54 Å². The minimum Gasteiger partial charge on any atom is -0.308 e. The van der Waals surface area contributed by atoms with Crippen LogP contribution >= 0.6 is 11.3 Å². The molecule has 3 rings (SSSR count). The molecular weight excluding hydrogens is 218 g/mol. The van der Waals surface area contributed by atoms with Crippen molar-refractivity contribution >= 4 is 16.3 Å². The third-order valence-electron chi connectivity index (χ3n) is 2.98. The highest BCUT2D eigenvalue weighted by Gasteiger charge is 2.10. The van der Waals surface area contributed by atoms with Crippen molar-refractivity contribution in [2.75, 3.05) is 0 Å². The van der Waals surface area contributed by atoms with Gasteiger partial charge in [-0.2, -0.15) is 0 Å². The molecule has 1 atom stereocenters. The van der Waals surface area contributed by atoms with Gasteiger partial charge in [0, 0.05) is 30.4 Å². The van der Waals surface area contributed by atoms with Crippen LogP contribution in [0.1, 0.15) is 25.0 Å². The van der Waals surface area contributed by atoms with Crippen LogP contribution < -0.4 is 5.32 Å². The lowest BCUT2D eigenvalue weighted by molar-refractivity contribution is 0.472. The lowest BCUT2D eigenvalue weighted by atomic mass is 10.0. The summed E-state index contributed by atoms with van der Waals surface area (Å²) in [5.74, 6) is 0. The lowest BCUT2D eigenvalue weighted by Gasteiger charge is -2.18. The van der Waals surface area contributed by atoms with Crippen LogP contribution in [0.5, 0.6) is 0 Å². The topological polar surface area (TPSA) is 29.3 Å². The number of nitrogens with one attached hydrogen (secondary N) is 1. The number of hydrogen-bond acceptors (Lipinski definition) is 3. The Morgan fingerprint density at radius 3 is 3.31 bits per heavy atom. The maximum atomic E-state index is 4.56. The Bertz CT molecular complexity index is 469. The van der Waals surface area contributed by atoms with Gasteiger partial charge in [-0.25, -0.2) is 4.98 Å². The molecule has 0 amide bonds. The zero-order valence-electron chi connectivity index (χ0n) is 9.10. The monoisotopic (exact) mass is 233 g/mol. The zero-order chi connectivity index (χ0) is 10.8. The van der Waals surface area contributed by atoms with Gasteiger partial charge in [-0.1, -0.05) is 12.2 Å². The highest BCUT2D eigenvalue weighted by atomic mass is 32.1. The summed E-state index contributed by atoms with van der Waals surface area (Å²) in [6.45, 7) is 0.882. The first-order valence-electron chi connectivity index (χ1n) is 5.71. The molecule has 0 bridgehead atoms. The number of fused-ring (bicyclic) bond motifs is 1. The van der Waals surface area contributed by atoms with Gasteiger partial charge in [0.2, 0.25) is 0 Å². The molecule has 84 valence electrons. The maximum absolute atomic E-state index is 4.56. The van der Waals surface area contributed by atoms with E-state index in [9.17, 15) is 0 Å². The largest absolute Gasteiger partial charge is 0.308 e. The number of imidazole rings is 1. The van der Waals surface area contributed by atoms with Crippen LogP contribution in [0, 0.1) is 0 Å².